The third kappa shape index (κ3) is 6.23. The number of nitrogens with one attached hydrogen (secondary N) is 1. The molecule has 1 aromatic heterocycles. The predicted molar refractivity (Wildman–Crippen MR) is 245 cm³/mol. The number of allylic oxidation sites excluding steroid dienone is 2. The van der Waals surface area contributed by atoms with Crippen molar-refractivity contribution in [3.63, 3.8) is 0 Å². The Morgan fingerprint density at radius 2 is 1.25 bits per heavy atom. The van der Waals surface area contributed by atoms with Gasteiger partial charge in [0.1, 0.15) is 23.8 Å². The van der Waals surface area contributed by atoms with E-state index in [1.54, 1.807) is 0 Å². The molecule has 286 valence electrons. The minimum atomic E-state index is 0.0947. The van der Waals surface area contributed by atoms with Crippen LogP contribution in [0.15, 0.2) is 182 Å². The molecule has 1 aliphatic heterocycles. The van der Waals surface area contributed by atoms with Gasteiger partial charge in [-0.15, -0.1) is 0 Å². The first-order valence-corrected chi connectivity index (χ1v) is 20.4. The van der Waals surface area contributed by atoms with Gasteiger partial charge in [0.15, 0.2) is 0 Å². The van der Waals surface area contributed by atoms with Crippen LogP contribution >= 0.6 is 0 Å². The maximum atomic E-state index is 10.7. The number of nitriles is 2. The molecular formula is C54H40N6. The molecule has 6 heteroatoms. The second-order valence-corrected chi connectivity index (χ2v) is 15.6. The molecule has 0 saturated carbocycles. The minimum absolute atomic E-state index is 0.0947. The van der Waals surface area contributed by atoms with Crippen LogP contribution in [0.1, 0.15) is 42.9 Å². The van der Waals surface area contributed by atoms with E-state index in [-0.39, 0.29) is 12.0 Å². The summed E-state index contributed by atoms with van der Waals surface area (Å²) in [7, 11) is 0. The summed E-state index contributed by atoms with van der Waals surface area (Å²) in [6.45, 7) is 4.42. The van der Waals surface area contributed by atoms with Crippen LogP contribution in [0.4, 0.5) is 22.9 Å². The lowest BCUT2D eigenvalue weighted by molar-refractivity contribution is 0.703. The summed E-state index contributed by atoms with van der Waals surface area (Å²) in [6.07, 6.45) is 8.87. The lowest BCUT2D eigenvalue weighted by Crippen LogP contribution is -2.35. The number of nitrogens with zero attached hydrogens (tertiary/aromatic N) is 5. The van der Waals surface area contributed by atoms with Crippen LogP contribution in [-0.2, 0) is 0 Å². The lowest BCUT2D eigenvalue weighted by atomic mass is 9.82. The molecule has 1 aliphatic carbocycles. The molecule has 7 aromatic carbocycles. The number of hydrogen-bond donors (Lipinski definition) is 1. The number of dihydropyridines is 1. The van der Waals surface area contributed by atoms with Crippen molar-refractivity contribution in [2.75, 3.05) is 9.80 Å². The second-order valence-electron chi connectivity index (χ2n) is 15.6. The fourth-order valence-electron chi connectivity index (χ4n) is 9.05. The summed E-state index contributed by atoms with van der Waals surface area (Å²) >= 11 is 0. The average Bonchev–Trinajstić information content (AvgIpc) is 3.30. The van der Waals surface area contributed by atoms with Crippen molar-refractivity contribution in [1.82, 2.24) is 10.3 Å². The molecule has 10 rings (SSSR count). The highest BCUT2D eigenvalue weighted by molar-refractivity contribution is 6.17. The predicted octanol–water partition coefficient (Wildman–Crippen LogP) is 12.2. The Labute approximate surface area is 349 Å². The standard InChI is InChI=1S/C54H40N6/c1-35-30-50(60(51-17-9-10-29-57-51)48-27-22-41(32-43(48)34-56)38-15-7-4-8-16-38)46-23-19-39-20-28-49(45-25-24-44(35)54(46)53(39)45)59(52-18-11-12-36(2)58-52)47-26-21-40(31-42(47)33-55)37-13-5-3-6-14-37/h3-29,31-32,35-36,58H,30H2,1-2H3. The molecule has 0 bridgehead atoms. The van der Waals surface area contributed by atoms with Crippen LogP contribution in [0.5, 0.6) is 0 Å². The van der Waals surface area contributed by atoms with E-state index in [1.807, 2.05) is 72.9 Å². The average molecular weight is 773 g/mol. The normalized spacial score (nSPS) is 15.5. The zero-order valence-corrected chi connectivity index (χ0v) is 33.3. The maximum Gasteiger partial charge on any atom is 0.137 e. The van der Waals surface area contributed by atoms with Gasteiger partial charge in [0, 0.05) is 28.5 Å². The fraction of sp³-hybridized carbons (Fsp3) is 0.0926. The molecule has 0 radical (unpaired) electrons. The highest BCUT2D eigenvalue weighted by Crippen LogP contribution is 2.46. The molecule has 0 saturated heterocycles. The first-order chi connectivity index (χ1) is 29.5. The number of pyridine rings is 1. The molecule has 0 spiro atoms. The third-order valence-electron chi connectivity index (χ3n) is 11.9. The highest BCUT2D eigenvalue weighted by Gasteiger charge is 2.30. The van der Waals surface area contributed by atoms with E-state index in [9.17, 15) is 10.5 Å². The van der Waals surface area contributed by atoms with Gasteiger partial charge in [-0.1, -0.05) is 128 Å². The van der Waals surface area contributed by atoms with Gasteiger partial charge in [0.25, 0.3) is 0 Å². The summed E-state index contributed by atoms with van der Waals surface area (Å²) in [5.74, 6) is 1.82. The Bertz CT molecular complexity index is 3160. The molecule has 8 aromatic rings. The Morgan fingerprint density at radius 1 is 0.617 bits per heavy atom. The maximum absolute atomic E-state index is 10.7. The SMILES string of the molecule is CC1C=CC=C(N(c2ccc(-c3ccccc3)cc2C#N)c2ccc3ccc4c5c(ccc2c35)C(C)CC=4N(c2ccccn2)c2ccc(-c3ccccc3)cc2C#N)N1. The first kappa shape index (κ1) is 36.4. The van der Waals surface area contributed by atoms with Gasteiger partial charge in [0.2, 0.25) is 0 Å². The smallest absolute Gasteiger partial charge is 0.137 e. The molecular weight excluding hydrogens is 733 g/mol. The van der Waals surface area contributed by atoms with Crippen molar-refractivity contribution < 1.29 is 0 Å². The largest absolute Gasteiger partial charge is 0.365 e. The van der Waals surface area contributed by atoms with Crippen LogP contribution in [0.25, 0.3) is 49.5 Å². The molecule has 0 fully saturated rings. The highest BCUT2D eigenvalue weighted by atomic mass is 15.3. The number of rotatable bonds is 8. The molecule has 2 atom stereocenters. The van der Waals surface area contributed by atoms with Crippen molar-refractivity contribution >= 4 is 50.1 Å². The van der Waals surface area contributed by atoms with Crippen molar-refractivity contribution in [2.24, 2.45) is 0 Å². The zero-order valence-electron chi connectivity index (χ0n) is 33.3. The van der Waals surface area contributed by atoms with Crippen molar-refractivity contribution in [3.8, 4) is 34.4 Å². The molecule has 0 amide bonds. The van der Waals surface area contributed by atoms with Gasteiger partial charge in [-0.25, -0.2) is 4.98 Å². The van der Waals surface area contributed by atoms with Crippen LogP contribution < -0.4 is 20.3 Å². The minimum Gasteiger partial charge on any atom is -0.365 e. The van der Waals surface area contributed by atoms with Crippen molar-refractivity contribution in [2.45, 2.75) is 32.2 Å². The Morgan fingerprint density at radius 3 is 1.88 bits per heavy atom. The molecule has 1 N–H and O–H groups in total. The van der Waals surface area contributed by atoms with Crippen molar-refractivity contribution in [3.05, 3.63) is 204 Å². The van der Waals surface area contributed by atoms with Crippen molar-refractivity contribution in [1.29, 1.82) is 10.5 Å². The quantitative estimate of drug-likeness (QED) is 0.166. The molecule has 2 aliphatic rings. The molecule has 60 heavy (non-hydrogen) atoms. The van der Waals surface area contributed by atoms with E-state index < -0.39 is 0 Å². The Balaban J connectivity index is 1.22. The summed E-state index contributed by atoms with van der Waals surface area (Å²) in [6, 6.07) is 57.2. The van der Waals surface area contributed by atoms with Gasteiger partial charge < -0.3 is 5.32 Å². The monoisotopic (exact) mass is 772 g/mol. The summed E-state index contributed by atoms with van der Waals surface area (Å²) in [4.78, 5) is 9.30. The van der Waals surface area contributed by atoms with E-state index in [2.05, 4.69) is 144 Å². The fourth-order valence-corrected chi connectivity index (χ4v) is 9.05. The molecule has 2 unspecified atom stereocenters. The topological polar surface area (TPSA) is 79.0 Å². The second kappa shape index (κ2) is 15.1. The van der Waals surface area contributed by atoms with Crippen LogP contribution in [-0.4, -0.2) is 11.0 Å². The number of benzene rings is 7. The van der Waals surface area contributed by atoms with E-state index in [1.165, 1.54) is 10.9 Å². The lowest BCUT2D eigenvalue weighted by Gasteiger charge is -2.35. The van der Waals surface area contributed by atoms with Gasteiger partial charge in [0.05, 0.1) is 28.2 Å². The molecule has 2 heterocycles. The first-order valence-electron chi connectivity index (χ1n) is 20.4. The van der Waals surface area contributed by atoms with Crippen LogP contribution in [0.3, 0.4) is 0 Å². The van der Waals surface area contributed by atoms with E-state index in [0.717, 1.165) is 84.4 Å². The van der Waals surface area contributed by atoms with Gasteiger partial charge in [-0.05, 0) is 112 Å². The number of aromatic nitrogens is 1. The van der Waals surface area contributed by atoms with Crippen LogP contribution in [0, 0.1) is 22.7 Å². The van der Waals surface area contributed by atoms with E-state index in [4.69, 9.17) is 4.98 Å². The summed E-state index contributed by atoms with van der Waals surface area (Å²) in [5.41, 5.74) is 10.2. The van der Waals surface area contributed by atoms with Gasteiger partial charge in [-0.2, -0.15) is 10.5 Å². The summed E-state index contributed by atoms with van der Waals surface area (Å²) in [5, 5.41) is 30.8. The van der Waals surface area contributed by atoms with Gasteiger partial charge in [-0.3, -0.25) is 9.80 Å². The van der Waals surface area contributed by atoms with E-state index in [0.29, 0.717) is 11.1 Å². The van der Waals surface area contributed by atoms with Gasteiger partial charge >= 0.3 is 0 Å². The third-order valence-corrected chi connectivity index (χ3v) is 11.9. The van der Waals surface area contributed by atoms with Crippen LogP contribution in [0.2, 0.25) is 0 Å². The number of anilines is 4. The zero-order chi connectivity index (χ0) is 40.7. The Kier molecular flexibility index (Phi) is 9.17. The Hall–Kier alpha value is -7.93. The number of hydrogen-bond acceptors (Lipinski definition) is 6. The summed E-state index contributed by atoms with van der Waals surface area (Å²) < 4.78 is 0. The van der Waals surface area contributed by atoms with E-state index >= 15 is 0 Å². The molecule has 6 nitrogen and oxygen atoms in total.